The van der Waals surface area contributed by atoms with Crippen molar-refractivity contribution in [2.75, 3.05) is 0 Å². The van der Waals surface area contributed by atoms with Gasteiger partial charge in [-0.3, -0.25) is 0 Å². The summed E-state index contributed by atoms with van der Waals surface area (Å²) in [7, 11) is 0. The molecule has 0 saturated carbocycles. The molecule has 68 valence electrons. The Balaban J connectivity index is 3.21. The third-order valence-corrected chi connectivity index (χ3v) is 1.91. The van der Waals surface area contributed by atoms with Crippen molar-refractivity contribution in [3.05, 3.63) is 34.7 Å². The van der Waals surface area contributed by atoms with Crippen LogP contribution in [0.5, 0.6) is 0 Å². The van der Waals surface area contributed by atoms with Crippen molar-refractivity contribution in [3.63, 3.8) is 0 Å². The lowest BCUT2D eigenvalue weighted by atomic mass is 10.2. The Morgan fingerprint density at radius 2 is 1.93 bits per heavy atom. The van der Waals surface area contributed by atoms with Gasteiger partial charge in [-0.05, 0) is 18.2 Å². The minimum absolute atomic E-state index is 0.0118. The molecule has 2 aromatic rings. The summed E-state index contributed by atoms with van der Waals surface area (Å²) in [6.07, 6.45) is 0. The summed E-state index contributed by atoms with van der Waals surface area (Å²) in [5.74, 6) is 2.39. The number of hydrogen-bond acceptors (Lipinski definition) is 2. The van der Waals surface area contributed by atoms with E-state index in [1.807, 2.05) is 0 Å². The van der Waals surface area contributed by atoms with E-state index in [1.165, 1.54) is 6.07 Å². The zero-order valence-electron chi connectivity index (χ0n) is 7.85. The van der Waals surface area contributed by atoms with E-state index in [2.05, 4.69) is 4.98 Å². The highest BCUT2D eigenvalue weighted by atomic mass is 19.1. The molecular formula is C10H4FNO2. The first-order valence-corrected chi connectivity index (χ1v) is 3.75. The van der Waals surface area contributed by atoms with Gasteiger partial charge in [0.1, 0.15) is 16.5 Å². The van der Waals surface area contributed by atoms with Gasteiger partial charge in [0.05, 0.1) is 1.37 Å². The van der Waals surface area contributed by atoms with Crippen molar-refractivity contribution < 1.29 is 15.4 Å². The van der Waals surface area contributed by atoms with Crippen molar-refractivity contribution >= 4 is 22.7 Å². The summed E-state index contributed by atoms with van der Waals surface area (Å²) < 4.78 is 20.3. The van der Waals surface area contributed by atoms with E-state index in [4.69, 9.17) is 1.37 Å². The Morgan fingerprint density at radius 3 is 2.57 bits per heavy atom. The molecule has 0 aliphatic carbocycles. The minimum atomic E-state index is -0.754. The number of fused-ring (bicyclic) bond motifs is 1. The van der Waals surface area contributed by atoms with Crippen LogP contribution in [0.2, 0.25) is 0 Å². The smallest absolute Gasteiger partial charge is 0.151 e. The van der Waals surface area contributed by atoms with Crippen LogP contribution in [0.4, 0.5) is 4.39 Å². The van der Waals surface area contributed by atoms with Crippen LogP contribution in [-0.2, 0) is 9.59 Å². The second-order valence-electron chi connectivity index (χ2n) is 2.69. The van der Waals surface area contributed by atoms with E-state index in [-0.39, 0.29) is 22.1 Å². The number of aromatic nitrogens is 1. The number of rotatable bonds is 0. The highest BCUT2D eigenvalue weighted by Crippen LogP contribution is 2.06. The molecule has 3 nitrogen and oxygen atoms in total. The number of halogens is 1. The first kappa shape index (κ1) is 7.27. The van der Waals surface area contributed by atoms with Gasteiger partial charge in [0.25, 0.3) is 0 Å². The molecule has 2 rings (SSSR count). The molecule has 0 fully saturated rings. The van der Waals surface area contributed by atoms with Crippen LogP contribution in [0, 0.1) is 5.82 Å². The minimum Gasteiger partial charge on any atom is -0.336 e. The van der Waals surface area contributed by atoms with E-state index in [9.17, 15) is 14.0 Å². The SMILES string of the molecule is [2H]c1cc2c(=C=O)[nH]c(=C=O)c2cc1F. The third-order valence-electron chi connectivity index (χ3n) is 1.91. The molecule has 14 heavy (non-hydrogen) atoms. The second-order valence-corrected chi connectivity index (χ2v) is 2.69. The molecule has 0 aliphatic heterocycles. The topological polar surface area (TPSA) is 49.9 Å². The third kappa shape index (κ3) is 1.07. The normalized spacial score (nSPS) is 10.8. The Labute approximate surface area is 78.6 Å². The predicted octanol–water partition coefficient (Wildman–Crippen LogP) is -0.687. The summed E-state index contributed by atoms with van der Waals surface area (Å²) in [6, 6.07) is 1.85. The highest BCUT2D eigenvalue weighted by Gasteiger charge is 2.02. The van der Waals surface area contributed by atoms with Gasteiger partial charge >= 0.3 is 0 Å². The summed E-state index contributed by atoms with van der Waals surface area (Å²) in [5, 5.41) is 0.547. The fraction of sp³-hybridized carbons (Fsp3) is 0. The molecule has 0 atom stereocenters. The maximum Gasteiger partial charge on any atom is 0.151 e. The first-order chi connectivity index (χ1) is 7.17. The molecule has 1 heterocycles. The Kier molecular flexibility index (Phi) is 1.54. The predicted molar refractivity (Wildman–Crippen MR) is 47.1 cm³/mol. The molecule has 0 aliphatic rings. The van der Waals surface area contributed by atoms with Gasteiger partial charge in [0, 0.05) is 10.8 Å². The van der Waals surface area contributed by atoms with Crippen LogP contribution >= 0.6 is 0 Å². The molecular weight excluding hydrogens is 185 g/mol. The average Bonchev–Trinajstić information content (AvgIpc) is 2.56. The molecule has 1 aromatic carbocycles. The van der Waals surface area contributed by atoms with E-state index < -0.39 is 5.82 Å². The molecule has 0 spiro atoms. The average molecular weight is 190 g/mol. The van der Waals surface area contributed by atoms with Crippen molar-refractivity contribution in [1.29, 1.82) is 0 Å². The van der Waals surface area contributed by atoms with Gasteiger partial charge in [-0.15, -0.1) is 0 Å². The maximum absolute atomic E-state index is 13.0. The molecule has 1 aromatic heterocycles. The van der Waals surface area contributed by atoms with E-state index in [0.717, 1.165) is 6.07 Å². The molecule has 0 amide bonds. The number of carbonyl (C=O) groups excluding carboxylic acids is 2. The quantitative estimate of drug-likeness (QED) is 0.598. The Morgan fingerprint density at radius 1 is 1.29 bits per heavy atom. The number of H-pyrrole nitrogens is 1. The number of aromatic amines is 1. The van der Waals surface area contributed by atoms with Crippen molar-refractivity contribution in [2.45, 2.75) is 0 Å². The van der Waals surface area contributed by atoms with E-state index in [1.54, 1.807) is 11.9 Å². The van der Waals surface area contributed by atoms with Crippen LogP contribution < -0.4 is 10.7 Å². The Bertz CT molecular complexity index is 649. The van der Waals surface area contributed by atoms with Crippen molar-refractivity contribution in [1.82, 2.24) is 4.98 Å². The van der Waals surface area contributed by atoms with Crippen LogP contribution in [0.1, 0.15) is 1.37 Å². The van der Waals surface area contributed by atoms with Gasteiger partial charge in [-0.1, -0.05) is 0 Å². The van der Waals surface area contributed by atoms with E-state index in [0.29, 0.717) is 5.39 Å². The summed E-state index contributed by atoms with van der Waals surface area (Å²) in [5.41, 5.74) is 0. The summed E-state index contributed by atoms with van der Waals surface area (Å²) >= 11 is 0. The van der Waals surface area contributed by atoms with Gasteiger partial charge in [-0.25, -0.2) is 14.0 Å². The van der Waals surface area contributed by atoms with Crippen LogP contribution in [0.15, 0.2) is 18.2 Å². The van der Waals surface area contributed by atoms with E-state index >= 15 is 0 Å². The lowest BCUT2D eigenvalue weighted by Crippen LogP contribution is -2.11. The van der Waals surface area contributed by atoms with Crippen LogP contribution in [0.3, 0.4) is 0 Å². The van der Waals surface area contributed by atoms with Crippen LogP contribution in [-0.4, -0.2) is 16.9 Å². The highest BCUT2D eigenvalue weighted by molar-refractivity contribution is 5.87. The van der Waals surface area contributed by atoms with Gasteiger partial charge in [0.2, 0.25) is 0 Å². The zero-order chi connectivity index (χ0) is 11.0. The lowest BCUT2D eigenvalue weighted by Gasteiger charge is -1.87. The van der Waals surface area contributed by atoms with Crippen molar-refractivity contribution in [3.8, 4) is 0 Å². The molecule has 4 heteroatoms. The van der Waals surface area contributed by atoms with Gasteiger partial charge in [0.15, 0.2) is 11.9 Å². The van der Waals surface area contributed by atoms with Crippen LogP contribution in [0.25, 0.3) is 10.8 Å². The monoisotopic (exact) mass is 190 g/mol. The molecule has 0 unspecified atom stereocenters. The fourth-order valence-corrected chi connectivity index (χ4v) is 1.30. The second kappa shape index (κ2) is 2.96. The molecule has 0 radical (unpaired) electrons. The van der Waals surface area contributed by atoms with Gasteiger partial charge in [-0.2, -0.15) is 0 Å². The lowest BCUT2D eigenvalue weighted by molar-refractivity contribution is 0.566. The number of hydrogen-bond donors (Lipinski definition) is 1. The molecule has 0 bridgehead atoms. The number of benzene rings is 1. The number of nitrogens with one attached hydrogen (secondary N) is 1. The maximum atomic E-state index is 13.0. The van der Waals surface area contributed by atoms with Crippen molar-refractivity contribution in [2.24, 2.45) is 0 Å². The first-order valence-electron chi connectivity index (χ1n) is 4.25. The van der Waals surface area contributed by atoms with Gasteiger partial charge < -0.3 is 4.98 Å². The largest absolute Gasteiger partial charge is 0.336 e. The summed E-state index contributed by atoms with van der Waals surface area (Å²) in [4.78, 5) is 23.4. The molecule has 0 saturated heterocycles. The standard InChI is InChI=1S/C10H4FNO2/c11-6-1-2-7-8(3-6)10(5-14)12-9(7)4-13/h1-3,12H/i1D. The Hall–Kier alpha value is -2.15. The fourth-order valence-electron chi connectivity index (χ4n) is 1.30. The zero-order valence-corrected chi connectivity index (χ0v) is 6.85. The summed E-state index contributed by atoms with van der Waals surface area (Å²) in [6.45, 7) is 0. The molecule has 1 N–H and O–H groups in total.